The number of nitrogens with zero attached hydrogens (tertiary/aromatic N) is 3. The van der Waals surface area contributed by atoms with E-state index in [1.807, 2.05) is 6.07 Å². The number of benzene rings is 2. The third kappa shape index (κ3) is 3.06. The molecule has 0 spiro atoms. The molecule has 0 saturated heterocycles. The van der Waals surface area contributed by atoms with Gasteiger partial charge in [-0.05, 0) is 37.3 Å². The van der Waals surface area contributed by atoms with Crippen LogP contribution in [0.1, 0.15) is 12.5 Å². The number of carbonyl (C=O) groups excluding carboxylic acids is 1. The first-order valence-corrected chi connectivity index (χ1v) is 8.68. The summed E-state index contributed by atoms with van der Waals surface area (Å²) in [5.74, 6) is 0.344. The van der Waals surface area contributed by atoms with Crippen LogP contribution in [0, 0.1) is 10.1 Å². The summed E-state index contributed by atoms with van der Waals surface area (Å²) in [6.07, 6.45) is 1.46. The minimum absolute atomic E-state index is 0.00257. The van der Waals surface area contributed by atoms with Crippen molar-refractivity contribution in [1.82, 2.24) is 0 Å². The molecule has 0 bridgehead atoms. The van der Waals surface area contributed by atoms with Crippen LogP contribution in [0.5, 0.6) is 11.5 Å². The lowest BCUT2D eigenvalue weighted by atomic mass is 10.0. The second-order valence-corrected chi connectivity index (χ2v) is 6.78. The first-order valence-electron chi connectivity index (χ1n) is 7.89. The van der Waals surface area contributed by atoms with Gasteiger partial charge in [0.05, 0.1) is 33.5 Å². The van der Waals surface area contributed by atoms with Gasteiger partial charge in [0.2, 0.25) is 6.79 Å². The number of ether oxygens (including phenoxy) is 2. The van der Waals surface area contributed by atoms with Gasteiger partial charge < -0.3 is 9.47 Å². The zero-order valence-electron chi connectivity index (χ0n) is 14.0. The second-order valence-electron chi connectivity index (χ2n) is 5.86. The van der Waals surface area contributed by atoms with E-state index in [2.05, 4.69) is 21.0 Å². The average molecular weight is 430 g/mol. The molecule has 2 aromatic carbocycles. The Morgan fingerprint density at radius 2 is 2.00 bits per heavy atom. The number of nitro groups is 1. The van der Waals surface area contributed by atoms with Crippen LogP contribution in [0.25, 0.3) is 6.08 Å². The number of hydrogen-bond acceptors (Lipinski definition) is 6. The van der Waals surface area contributed by atoms with Crippen molar-refractivity contribution in [3.8, 4) is 11.5 Å². The van der Waals surface area contributed by atoms with Gasteiger partial charge in [0.15, 0.2) is 11.5 Å². The molecule has 2 aliphatic rings. The zero-order chi connectivity index (χ0) is 19.1. The van der Waals surface area contributed by atoms with Crippen LogP contribution < -0.4 is 14.5 Å². The van der Waals surface area contributed by atoms with Crippen LogP contribution >= 0.6 is 15.9 Å². The molecule has 0 unspecified atom stereocenters. The summed E-state index contributed by atoms with van der Waals surface area (Å²) in [6, 6.07) is 9.95. The van der Waals surface area contributed by atoms with E-state index >= 15 is 0 Å². The van der Waals surface area contributed by atoms with Crippen molar-refractivity contribution in [3.63, 3.8) is 0 Å². The van der Waals surface area contributed by atoms with Crippen LogP contribution in [0.2, 0.25) is 0 Å². The molecule has 0 saturated carbocycles. The molecule has 27 heavy (non-hydrogen) atoms. The monoisotopic (exact) mass is 429 g/mol. The molecular formula is C18H12BrN3O5. The zero-order valence-corrected chi connectivity index (χ0v) is 15.6. The molecule has 4 rings (SSSR count). The first-order chi connectivity index (χ1) is 12.9. The van der Waals surface area contributed by atoms with Gasteiger partial charge in [-0.3, -0.25) is 14.9 Å². The number of hydrogen-bond donors (Lipinski definition) is 0. The fourth-order valence-electron chi connectivity index (χ4n) is 2.84. The normalized spacial score (nSPS) is 16.8. The molecular weight excluding hydrogens is 418 g/mol. The fraction of sp³-hybridized carbons (Fsp3) is 0.111. The van der Waals surface area contributed by atoms with E-state index < -0.39 is 4.92 Å². The smallest absolute Gasteiger partial charge is 0.280 e. The van der Waals surface area contributed by atoms with Crippen LogP contribution in [-0.4, -0.2) is 23.3 Å². The number of fused-ring (bicyclic) bond motifs is 1. The van der Waals surface area contributed by atoms with Gasteiger partial charge in [-0.2, -0.15) is 10.1 Å². The molecule has 0 aromatic heterocycles. The predicted molar refractivity (Wildman–Crippen MR) is 102 cm³/mol. The Kier molecular flexibility index (Phi) is 4.15. The van der Waals surface area contributed by atoms with Gasteiger partial charge in [0.25, 0.3) is 11.6 Å². The molecule has 0 radical (unpaired) electrons. The minimum atomic E-state index is -0.521. The quantitative estimate of drug-likeness (QED) is 0.418. The van der Waals surface area contributed by atoms with Crippen molar-refractivity contribution in [1.29, 1.82) is 0 Å². The van der Waals surface area contributed by atoms with Gasteiger partial charge in [-0.15, -0.1) is 0 Å². The summed E-state index contributed by atoms with van der Waals surface area (Å²) in [6.45, 7) is 1.68. The van der Waals surface area contributed by atoms with Crippen LogP contribution in [0.15, 0.2) is 51.5 Å². The van der Waals surface area contributed by atoms with Crippen molar-refractivity contribution in [2.24, 2.45) is 5.10 Å². The second kappa shape index (κ2) is 6.51. The molecule has 0 N–H and O–H groups in total. The number of halogens is 1. The van der Waals surface area contributed by atoms with Crippen molar-refractivity contribution < 1.29 is 19.2 Å². The topological polar surface area (TPSA) is 94.3 Å². The van der Waals surface area contributed by atoms with Gasteiger partial charge in [-0.1, -0.05) is 22.0 Å². The first kappa shape index (κ1) is 17.2. The number of anilines is 1. The van der Waals surface area contributed by atoms with E-state index in [9.17, 15) is 14.9 Å². The van der Waals surface area contributed by atoms with Crippen molar-refractivity contribution in [2.45, 2.75) is 6.92 Å². The maximum absolute atomic E-state index is 12.8. The highest BCUT2D eigenvalue weighted by molar-refractivity contribution is 9.10. The summed E-state index contributed by atoms with van der Waals surface area (Å²) >= 11 is 3.37. The molecule has 136 valence electrons. The Bertz CT molecular complexity index is 1050. The van der Waals surface area contributed by atoms with Crippen molar-refractivity contribution >= 4 is 45.0 Å². The molecule has 0 atom stereocenters. The summed E-state index contributed by atoms with van der Waals surface area (Å²) in [5.41, 5.74) is 1.41. The molecule has 2 aliphatic heterocycles. The Hall–Kier alpha value is -3.20. The SMILES string of the molecule is CC1=NN(c2cccc(Br)c2)C(=O)C1=Cc1cc2c(cc1[N+](=O)[O-])OCO2. The largest absolute Gasteiger partial charge is 0.454 e. The highest BCUT2D eigenvalue weighted by Gasteiger charge is 2.30. The minimum Gasteiger partial charge on any atom is -0.454 e. The van der Waals surface area contributed by atoms with E-state index in [1.165, 1.54) is 23.2 Å². The van der Waals surface area contributed by atoms with Crippen LogP contribution in [-0.2, 0) is 4.79 Å². The van der Waals surface area contributed by atoms with E-state index in [1.54, 1.807) is 25.1 Å². The lowest BCUT2D eigenvalue weighted by Gasteiger charge is -2.11. The molecule has 8 nitrogen and oxygen atoms in total. The third-order valence-corrected chi connectivity index (χ3v) is 4.63. The Balaban J connectivity index is 1.76. The van der Waals surface area contributed by atoms with Crippen molar-refractivity contribution in [3.05, 3.63) is 62.1 Å². The van der Waals surface area contributed by atoms with E-state index in [0.29, 0.717) is 22.9 Å². The highest BCUT2D eigenvalue weighted by Crippen LogP contribution is 2.39. The molecule has 1 amide bonds. The lowest BCUT2D eigenvalue weighted by Crippen LogP contribution is -2.21. The number of amides is 1. The predicted octanol–water partition coefficient (Wildman–Crippen LogP) is 3.89. The number of rotatable bonds is 3. The highest BCUT2D eigenvalue weighted by atomic mass is 79.9. The maximum atomic E-state index is 12.8. The molecule has 9 heteroatoms. The standard InChI is InChI=1S/C18H12BrN3O5/c1-10-14(18(23)21(20-10)13-4-2-3-12(19)7-13)5-11-6-16-17(27-9-26-16)8-15(11)22(24)25/h2-8H,9H2,1H3. The van der Waals surface area contributed by atoms with E-state index in [-0.39, 0.29) is 29.5 Å². The van der Waals surface area contributed by atoms with Gasteiger partial charge in [-0.25, -0.2) is 0 Å². The number of nitro benzene ring substituents is 1. The summed E-state index contributed by atoms with van der Waals surface area (Å²) < 4.78 is 11.3. The summed E-state index contributed by atoms with van der Waals surface area (Å²) in [7, 11) is 0. The fourth-order valence-corrected chi connectivity index (χ4v) is 3.23. The Morgan fingerprint density at radius 1 is 1.26 bits per heavy atom. The Labute approximate surface area is 162 Å². The van der Waals surface area contributed by atoms with Crippen LogP contribution in [0.4, 0.5) is 11.4 Å². The van der Waals surface area contributed by atoms with Gasteiger partial charge in [0, 0.05) is 4.47 Å². The maximum Gasteiger partial charge on any atom is 0.280 e. The summed E-state index contributed by atoms with van der Waals surface area (Å²) in [5, 5.41) is 17.0. The number of carbonyl (C=O) groups is 1. The molecule has 0 aliphatic carbocycles. The molecule has 2 aromatic rings. The van der Waals surface area contributed by atoms with Gasteiger partial charge >= 0.3 is 0 Å². The van der Waals surface area contributed by atoms with Crippen molar-refractivity contribution in [2.75, 3.05) is 11.8 Å². The van der Waals surface area contributed by atoms with Crippen LogP contribution in [0.3, 0.4) is 0 Å². The average Bonchev–Trinajstić information content (AvgIpc) is 3.20. The third-order valence-electron chi connectivity index (χ3n) is 4.13. The molecule has 2 heterocycles. The van der Waals surface area contributed by atoms with E-state index in [4.69, 9.17) is 9.47 Å². The van der Waals surface area contributed by atoms with E-state index in [0.717, 1.165) is 4.47 Å². The van der Waals surface area contributed by atoms with Gasteiger partial charge in [0.1, 0.15) is 0 Å². The summed E-state index contributed by atoms with van der Waals surface area (Å²) in [4.78, 5) is 23.8. The number of hydrazone groups is 1. The lowest BCUT2D eigenvalue weighted by molar-refractivity contribution is -0.385. The molecule has 0 fully saturated rings. The Morgan fingerprint density at radius 3 is 2.70 bits per heavy atom.